The zero-order valence-electron chi connectivity index (χ0n) is 7.12. The predicted octanol–water partition coefficient (Wildman–Crippen LogP) is 1.12. The molecule has 0 amide bonds. The van der Waals surface area contributed by atoms with E-state index in [2.05, 4.69) is 0 Å². The third-order valence-electron chi connectivity index (χ3n) is 2.62. The van der Waals surface area contributed by atoms with Crippen molar-refractivity contribution in [1.82, 2.24) is 0 Å². The number of Topliss-reactive ketones (excluding diaryl/α,β-unsaturated/α-hetero) is 1. The Morgan fingerprint density at radius 2 is 1.67 bits per heavy atom. The molecule has 0 unspecified atom stereocenters. The Labute approximate surface area is 72.0 Å². The molecule has 3 nitrogen and oxygen atoms in total. The zero-order chi connectivity index (χ0) is 8.39. The molecule has 1 aliphatic carbocycles. The molecule has 0 atom stereocenters. The highest BCUT2D eigenvalue weighted by Crippen LogP contribution is 2.28. The first-order valence-electron chi connectivity index (χ1n) is 4.61. The molecular formula is C9H14O3. The second-order valence-corrected chi connectivity index (χ2v) is 3.49. The number of carbonyl (C=O) groups excluding carboxylic acids is 1. The van der Waals surface area contributed by atoms with Crippen LogP contribution in [0.2, 0.25) is 0 Å². The molecular weight excluding hydrogens is 156 g/mol. The third-order valence-corrected chi connectivity index (χ3v) is 2.62. The van der Waals surface area contributed by atoms with Gasteiger partial charge in [0, 0.05) is 18.8 Å². The van der Waals surface area contributed by atoms with Crippen molar-refractivity contribution in [3.05, 3.63) is 0 Å². The van der Waals surface area contributed by atoms with Crippen molar-refractivity contribution in [2.45, 2.75) is 32.0 Å². The van der Waals surface area contributed by atoms with E-state index in [0.29, 0.717) is 24.5 Å². The fourth-order valence-corrected chi connectivity index (χ4v) is 1.88. The third kappa shape index (κ3) is 1.67. The van der Waals surface area contributed by atoms with Gasteiger partial charge in [0.05, 0.1) is 13.2 Å². The normalized spacial score (nSPS) is 28.2. The number of hydrogen-bond acceptors (Lipinski definition) is 3. The molecule has 0 aromatic heterocycles. The monoisotopic (exact) mass is 170 g/mol. The van der Waals surface area contributed by atoms with Crippen molar-refractivity contribution in [3.63, 3.8) is 0 Å². The van der Waals surface area contributed by atoms with Crippen molar-refractivity contribution in [2.24, 2.45) is 5.92 Å². The predicted molar refractivity (Wildman–Crippen MR) is 42.7 cm³/mol. The average Bonchev–Trinajstić information content (AvgIpc) is 2.58. The van der Waals surface area contributed by atoms with Crippen molar-refractivity contribution in [1.29, 1.82) is 0 Å². The summed E-state index contributed by atoms with van der Waals surface area (Å²) in [5, 5.41) is 0. The van der Waals surface area contributed by atoms with Gasteiger partial charge in [-0.2, -0.15) is 0 Å². The zero-order valence-corrected chi connectivity index (χ0v) is 7.12. The molecule has 1 saturated heterocycles. The summed E-state index contributed by atoms with van der Waals surface area (Å²) in [6, 6.07) is 0. The Bertz CT molecular complexity index is 163. The molecule has 0 radical (unpaired) electrons. The Morgan fingerprint density at radius 3 is 2.25 bits per heavy atom. The molecule has 0 N–H and O–H groups in total. The van der Waals surface area contributed by atoms with Crippen molar-refractivity contribution < 1.29 is 14.3 Å². The summed E-state index contributed by atoms with van der Waals surface area (Å²) in [6.07, 6.45) is 3.31. The van der Waals surface area contributed by atoms with Gasteiger partial charge in [0.25, 0.3) is 0 Å². The highest BCUT2D eigenvalue weighted by Gasteiger charge is 2.30. The SMILES string of the molecule is O=C1CCC(C2OCCO2)CC1. The lowest BCUT2D eigenvalue weighted by atomic mass is 9.88. The number of ketones is 1. The van der Waals surface area contributed by atoms with E-state index in [1.807, 2.05) is 0 Å². The van der Waals surface area contributed by atoms with E-state index in [-0.39, 0.29) is 6.29 Å². The van der Waals surface area contributed by atoms with Crippen LogP contribution in [0, 0.1) is 5.92 Å². The van der Waals surface area contributed by atoms with Crippen LogP contribution in [-0.4, -0.2) is 25.3 Å². The standard InChI is InChI=1S/C9H14O3/c10-8-3-1-7(2-4-8)9-11-5-6-12-9/h7,9H,1-6H2. The smallest absolute Gasteiger partial charge is 0.160 e. The Hall–Kier alpha value is -0.410. The molecule has 3 heteroatoms. The van der Waals surface area contributed by atoms with Crippen LogP contribution in [0.25, 0.3) is 0 Å². The lowest BCUT2D eigenvalue weighted by molar-refractivity contribution is -0.127. The van der Waals surface area contributed by atoms with Gasteiger partial charge in [-0.1, -0.05) is 0 Å². The van der Waals surface area contributed by atoms with Gasteiger partial charge in [-0.25, -0.2) is 0 Å². The average molecular weight is 170 g/mol. The summed E-state index contributed by atoms with van der Waals surface area (Å²) in [5.41, 5.74) is 0. The second kappa shape index (κ2) is 3.54. The van der Waals surface area contributed by atoms with E-state index in [1.54, 1.807) is 0 Å². The molecule has 1 heterocycles. The van der Waals surface area contributed by atoms with Crippen LogP contribution in [0.15, 0.2) is 0 Å². The van der Waals surface area contributed by atoms with Gasteiger partial charge >= 0.3 is 0 Å². The van der Waals surface area contributed by atoms with Crippen molar-refractivity contribution in [2.75, 3.05) is 13.2 Å². The summed E-state index contributed by atoms with van der Waals surface area (Å²) in [6.45, 7) is 1.43. The second-order valence-electron chi connectivity index (χ2n) is 3.49. The van der Waals surface area contributed by atoms with Crippen LogP contribution in [0.3, 0.4) is 0 Å². The molecule has 68 valence electrons. The molecule has 12 heavy (non-hydrogen) atoms. The summed E-state index contributed by atoms with van der Waals surface area (Å²) < 4.78 is 10.8. The van der Waals surface area contributed by atoms with Gasteiger partial charge in [-0.05, 0) is 12.8 Å². The van der Waals surface area contributed by atoms with Crippen LogP contribution in [0.4, 0.5) is 0 Å². The van der Waals surface area contributed by atoms with Gasteiger partial charge in [-0.15, -0.1) is 0 Å². The number of rotatable bonds is 1. The van der Waals surface area contributed by atoms with Gasteiger partial charge in [-0.3, -0.25) is 4.79 Å². The molecule has 0 spiro atoms. The first-order chi connectivity index (χ1) is 5.86. The molecule has 2 rings (SSSR count). The highest BCUT2D eigenvalue weighted by atomic mass is 16.7. The van der Waals surface area contributed by atoms with E-state index in [4.69, 9.17) is 9.47 Å². The maximum Gasteiger partial charge on any atom is 0.160 e. The molecule has 2 fully saturated rings. The van der Waals surface area contributed by atoms with Crippen molar-refractivity contribution in [3.8, 4) is 0 Å². The maximum absolute atomic E-state index is 10.9. The fourth-order valence-electron chi connectivity index (χ4n) is 1.88. The van der Waals surface area contributed by atoms with E-state index in [0.717, 1.165) is 26.1 Å². The van der Waals surface area contributed by atoms with Crippen LogP contribution < -0.4 is 0 Å². The van der Waals surface area contributed by atoms with Crippen LogP contribution in [-0.2, 0) is 14.3 Å². The molecule has 0 bridgehead atoms. The first kappa shape index (κ1) is 8.20. The molecule has 2 aliphatic rings. The summed E-state index contributed by atoms with van der Waals surface area (Å²) >= 11 is 0. The fraction of sp³-hybridized carbons (Fsp3) is 0.889. The minimum atomic E-state index is -0.0156. The van der Waals surface area contributed by atoms with Crippen LogP contribution in [0.5, 0.6) is 0 Å². The largest absolute Gasteiger partial charge is 0.350 e. The summed E-state index contributed by atoms with van der Waals surface area (Å²) in [4.78, 5) is 10.9. The topological polar surface area (TPSA) is 35.5 Å². The minimum absolute atomic E-state index is 0.0156. The summed E-state index contributed by atoms with van der Waals surface area (Å²) in [5.74, 6) is 0.856. The molecule has 1 saturated carbocycles. The van der Waals surface area contributed by atoms with Crippen LogP contribution in [0.1, 0.15) is 25.7 Å². The Kier molecular flexibility index (Phi) is 2.42. The lowest BCUT2D eigenvalue weighted by Crippen LogP contribution is -2.26. The molecule has 0 aromatic carbocycles. The first-order valence-corrected chi connectivity index (χ1v) is 4.61. The maximum atomic E-state index is 10.9. The van der Waals surface area contributed by atoms with Gasteiger partial charge in [0.1, 0.15) is 5.78 Å². The van der Waals surface area contributed by atoms with E-state index < -0.39 is 0 Å². The molecule has 1 aliphatic heterocycles. The highest BCUT2D eigenvalue weighted by molar-refractivity contribution is 5.79. The molecule has 0 aromatic rings. The van der Waals surface area contributed by atoms with E-state index in [9.17, 15) is 4.79 Å². The quantitative estimate of drug-likeness (QED) is 0.591. The lowest BCUT2D eigenvalue weighted by Gasteiger charge is -2.24. The minimum Gasteiger partial charge on any atom is -0.350 e. The van der Waals surface area contributed by atoms with E-state index >= 15 is 0 Å². The number of ether oxygens (including phenoxy) is 2. The van der Waals surface area contributed by atoms with Gasteiger partial charge < -0.3 is 9.47 Å². The van der Waals surface area contributed by atoms with Gasteiger partial charge in [0.15, 0.2) is 6.29 Å². The number of hydrogen-bond donors (Lipinski definition) is 0. The van der Waals surface area contributed by atoms with Crippen molar-refractivity contribution >= 4 is 5.78 Å². The van der Waals surface area contributed by atoms with Crippen LogP contribution >= 0.6 is 0 Å². The Balaban J connectivity index is 1.84. The van der Waals surface area contributed by atoms with Gasteiger partial charge in [0.2, 0.25) is 0 Å². The Morgan fingerprint density at radius 1 is 1.08 bits per heavy atom. The summed E-state index contributed by atoms with van der Waals surface area (Å²) in [7, 11) is 0. The van der Waals surface area contributed by atoms with E-state index in [1.165, 1.54) is 0 Å². The number of carbonyl (C=O) groups is 1.